The molecule has 0 spiro atoms. The summed E-state index contributed by atoms with van der Waals surface area (Å²) in [6.07, 6.45) is 2.13. The number of aliphatic hydroxyl groups excluding tert-OH is 1. The van der Waals surface area contributed by atoms with Crippen LogP contribution in [-0.4, -0.2) is 41.7 Å². The second-order valence-corrected chi connectivity index (χ2v) is 5.28. The van der Waals surface area contributed by atoms with Gasteiger partial charge in [0.05, 0.1) is 4.92 Å². The van der Waals surface area contributed by atoms with Gasteiger partial charge in [-0.05, 0) is 36.9 Å². The van der Waals surface area contributed by atoms with E-state index in [1.54, 1.807) is 19.2 Å². The highest BCUT2D eigenvalue weighted by molar-refractivity contribution is 5.62. The lowest BCUT2D eigenvalue weighted by atomic mass is 9.98. The highest BCUT2D eigenvalue weighted by Gasteiger charge is 2.20. The van der Waals surface area contributed by atoms with Crippen LogP contribution in [0.4, 0.5) is 11.4 Å². The van der Waals surface area contributed by atoms with E-state index in [9.17, 15) is 15.2 Å². The minimum Gasteiger partial charge on any atom is -0.396 e. The van der Waals surface area contributed by atoms with Gasteiger partial charge < -0.3 is 10.4 Å². The molecule has 6 heteroatoms. The first-order chi connectivity index (χ1) is 9.63. The molecule has 0 amide bonds. The van der Waals surface area contributed by atoms with Crippen molar-refractivity contribution in [3.05, 3.63) is 33.9 Å². The van der Waals surface area contributed by atoms with Gasteiger partial charge in [-0.1, -0.05) is 6.07 Å². The van der Waals surface area contributed by atoms with E-state index in [0.29, 0.717) is 18.2 Å². The molecule has 20 heavy (non-hydrogen) atoms. The first-order valence-electron chi connectivity index (χ1n) is 6.92. The third kappa shape index (κ3) is 3.46. The maximum Gasteiger partial charge on any atom is 0.292 e. The molecule has 1 aliphatic heterocycles. The quantitative estimate of drug-likeness (QED) is 0.635. The molecular weight excluding hydrogens is 258 g/mol. The average Bonchev–Trinajstić information content (AvgIpc) is 2.47. The Hall–Kier alpha value is -1.66. The highest BCUT2D eigenvalue weighted by Crippen LogP contribution is 2.26. The van der Waals surface area contributed by atoms with Crippen LogP contribution in [0.3, 0.4) is 0 Å². The van der Waals surface area contributed by atoms with E-state index >= 15 is 0 Å². The Morgan fingerprint density at radius 2 is 2.35 bits per heavy atom. The molecule has 1 atom stereocenters. The van der Waals surface area contributed by atoms with Crippen LogP contribution in [-0.2, 0) is 6.54 Å². The molecule has 1 heterocycles. The van der Waals surface area contributed by atoms with Crippen LogP contribution in [0.25, 0.3) is 0 Å². The van der Waals surface area contributed by atoms with E-state index < -0.39 is 0 Å². The number of nitro groups is 1. The van der Waals surface area contributed by atoms with Gasteiger partial charge in [-0.2, -0.15) is 0 Å². The van der Waals surface area contributed by atoms with Gasteiger partial charge in [0.15, 0.2) is 0 Å². The summed E-state index contributed by atoms with van der Waals surface area (Å²) in [6.45, 7) is 2.76. The zero-order valence-corrected chi connectivity index (χ0v) is 11.7. The maximum absolute atomic E-state index is 11.0. The fourth-order valence-electron chi connectivity index (χ4n) is 2.74. The predicted molar refractivity (Wildman–Crippen MR) is 77.7 cm³/mol. The van der Waals surface area contributed by atoms with Crippen LogP contribution in [0.2, 0.25) is 0 Å². The third-order valence-electron chi connectivity index (χ3n) is 3.80. The van der Waals surface area contributed by atoms with Crippen LogP contribution < -0.4 is 5.32 Å². The summed E-state index contributed by atoms with van der Waals surface area (Å²) >= 11 is 0. The largest absolute Gasteiger partial charge is 0.396 e. The van der Waals surface area contributed by atoms with Crippen molar-refractivity contribution < 1.29 is 10.0 Å². The summed E-state index contributed by atoms with van der Waals surface area (Å²) in [5, 5.41) is 23.1. The predicted octanol–water partition coefficient (Wildman–Crippen LogP) is 1.84. The van der Waals surface area contributed by atoms with Crippen LogP contribution in [0.5, 0.6) is 0 Å². The zero-order valence-electron chi connectivity index (χ0n) is 11.7. The summed E-state index contributed by atoms with van der Waals surface area (Å²) in [6, 6.07) is 5.30. The number of benzene rings is 1. The smallest absolute Gasteiger partial charge is 0.292 e. The topological polar surface area (TPSA) is 78.6 Å². The first kappa shape index (κ1) is 14.7. The Balaban J connectivity index is 2.09. The van der Waals surface area contributed by atoms with Gasteiger partial charge in [0.25, 0.3) is 5.69 Å². The molecule has 6 nitrogen and oxygen atoms in total. The van der Waals surface area contributed by atoms with Gasteiger partial charge in [-0.15, -0.1) is 0 Å². The number of nitro benzene ring substituents is 1. The van der Waals surface area contributed by atoms with E-state index in [4.69, 9.17) is 0 Å². The number of nitrogens with zero attached hydrogens (tertiary/aromatic N) is 2. The van der Waals surface area contributed by atoms with Crippen LogP contribution in [0, 0.1) is 16.0 Å². The molecule has 0 aromatic heterocycles. The van der Waals surface area contributed by atoms with Gasteiger partial charge >= 0.3 is 0 Å². The molecule has 2 rings (SSSR count). The normalized spacial score (nSPS) is 19.8. The Labute approximate surface area is 118 Å². The van der Waals surface area contributed by atoms with Gasteiger partial charge in [0, 0.05) is 32.8 Å². The summed E-state index contributed by atoms with van der Waals surface area (Å²) in [7, 11) is 1.68. The number of likely N-dealkylation sites (tertiary alicyclic amines) is 1. The number of piperidine rings is 1. The lowest BCUT2D eigenvalue weighted by Gasteiger charge is -2.31. The lowest BCUT2D eigenvalue weighted by molar-refractivity contribution is -0.384. The minimum atomic E-state index is -0.359. The Kier molecular flexibility index (Phi) is 4.92. The second-order valence-electron chi connectivity index (χ2n) is 5.28. The van der Waals surface area contributed by atoms with Gasteiger partial charge in [0.2, 0.25) is 0 Å². The molecule has 0 radical (unpaired) electrons. The van der Waals surface area contributed by atoms with Crippen molar-refractivity contribution in [3.63, 3.8) is 0 Å². The van der Waals surface area contributed by atoms with Crippen molar-refractivity contribution in [1.82, 2.24) is 4.90 Å². The summed E-state index contributed by atoms with van der Waals surface area (Å²) in [5.41, 5.74) is 1.58. The zero-order chi connectivity index (χ0) is 14.5. The molecule has 110 valence electrons. The maximum atomic E-state index is 11.0. The Morgan fingerprint density at radius 3 is 3.00 bits per heavy atom. The molecule has 0 bridgehead atoms. The van der Waals surface area contributed by atoms with Crippen LogP contribution in [0.1, 0.15) is 18.4 Å². The van der Waals surface area contributed by atoms with E-state index in [0.717, 1.165) is 31.5 Å². The molecule has 0 saturated carbocycles. The molecule has 1 aromatic carbocycles. The highest BCUT2D eigenvalue weighted by atomic mass is 16.6. The van der Waals surface area contributed by atoms with Crippen molar-refractivity contribution in [2.75, 3.05) is 32.1 Å². The van der Waals surface area contributed by atoms with Crippen molar-refractivity contribution >= 4 is 11.4 Å². The SMILES string of the molecule is CNc1ccc(CN2CCCC(CO)C2)cc1[N+](=O)[O-]. The number of anilines is 1. The lowest BCUT2D eigenvalue weighted by Crippen LogP contribution is -2.36. The summed E-state index contributed by atoms with van der Waals surface area (Å²) < 4.78 is 0. The molecule has 0 aliphatic carbocycles. The van der Waals surface area contributed by atoms with Crippen LogP contribution in [0.15, 0.2) is 18.2 Å². The molecule has 1 fully saturated rings. The minimum absolute atomic E-state index is 0.112. The molecule has 1 aliphatic rings. The Morgan fingerprint density at radius 1 is 1.55 bits per heavy atom. The van der Waals surface area contributed by atoms with E-state index in [1.165, 1.54) is 0 Å². The van der Waals surface area contributed by atoms with Gasteiger partial charge in [-0.3, -0.25) is 15.0 Å². The first-order valence-corrected chi connectivity index (χ1v) is 6.92. The summed E-state index contributed by atoms with van der Waals surface area (Å²) in [5.74, 6) is 0.329. The van der Waals surface area contributed by atoms with Crippen molar-refractivity contribution in [3.8, 4) is 0 Å². The molecular formula is C14H21N3O3. The van der Waals surface area contributed by atoms with Gasteiger partial charge in [-0.25, -0.2) is 0 Å². The van der Waals surface area contributed by atoms with Gasteiger partial charge in [0.1, 0.15) is 5.69 Å². The third-order valence-corrected chi connectivity index (χ3v) is 3.80. The average molecular weight is 279 g/mol. The van der Waals surface area contributed by atoms with Crippen molar-refractivity contribution in [1.29, 1.82) is 0 Å². The van der Waals surface area contributed by atoms with Crippen molar-refractivity contribution in [2.24, 2.45) is 5.92 Å². The number of aliphatic hydroxyl groups is 1. The van der Waals surface area contributed by atoms with E-state index in [-0.39, 0.29) is 17.2 Å². The second kappa shape index (κ2) is 6.67. The standard InChI is InChI=1S/C14H21N3O3/c1-15-13-5-4-11(7-14(13)17(19)20)8-16-6-2-3-12(9-16)10-18/h4-5,7,12,15,18H,2-3,6,8-10H2,1H3. The fourth-order valence-corrected chi connectivity index (χ4v) is 2.74. The molecule has 1 saturated heterocycles. The fraction of sp³-hybridized carbons (Fsp3) is 0.571. The van der Waals surface area contributed by atoms with Crippen LogP contribution >= 0.6 is 0 Å². The monoisotopic (exact) mass is 279 g/mol. The number of nitrogens with one attached hydrogen (secondary N) is 1. The van der Waals surface area contributed by atoms with Crippen molar-refractivity contribution in [2.45, 2.75) is 19.4 Å². The number of hydrogen-bond acceptors (Lipinski definition) is 5. The van der Waals surface area contributed by atoms with E-state index in [2.05, 4.69) is 10.2 Å². The molecule has 1 aromatic rings. The molecule has 2 N–H and O–H groups in total. The molecule has 1 unspecified atom stereocenters. The van der Waals surface area contributed by atoms with E-state index in [1.807, 2.05) is 6.07 Å². The summed E-state index contributed by atoms with van der Waals surface area (Å²) in [4.78, 5) is 12.9. The Bertz CT molecular complexity index is 479. The number of hydrogen-bond donors (Lipinski definition) is 2. The number of rotatable bonds is 5.